The van der Waals surface area contributed by atoms with Crippen molar-refractivity contribution in [1.29, 1.82) is 0 Å². The molecule has 0 aliphatic carbocycles. The molecular weight excluding hydrogens is 266 g/mol. The van der Waals surface area contributed by atoms with Crippen LogP contribution in [0.2, 0.25) is 0 Å². The zero-order valence-electron chi connectivity index (χ0n) is 11.6. The first-order chi connectivity index (χ1) is 10.2. The molecule has 2 aromatic rings. The number of aromatic nitrogens is 1. The van der Waals surface area contributed by atoms with Crippen molar-refractivity contribution in [2.75, 3.05) is 11.4 Å². The van der Waals surface area contributed by atoms with Gasteiger partial charge in [0.15, 0.2) is 0 Å². The number of aromatic amines is 1. The highest BCUT2D eigenvalue weighted by Gasteiger charge is 2.21. The summed E-state index contributed by atoms with van der Waals surface area (Å²) in [6.07, 6.45) is 3.28. The molecule has 0 spiro atoms. The Balaban J connectivity index is 1.60. The molecule has 1 aliphatic heterocycles. The number of nitrogens with zero attached hydrogens (tertiary/aromatic N) is 1. The van der Waals surface area contributed by atoms with E-state index in [-0.39, 0.29) is 11.8 Å². The third-order valence-corrected chi connectivity index (χ3v) is 3.62. The topological polar surface area (TPSA) is 65.2 Å². The maximum Gasteiger partial charge on any atom is 0.267 e. The monoisotopic (exact) mass is 283 g/mol. The predicted octanol–water partition coefficient (Wildman–Crippen LogP) is 2.07. The molecule has 0 saturated carbocycles. The van der Waals surface area contributed by atoms with Crippen LogP contribution >= 0.6 is 0 Å². The van der Waals surface area contributed by atoms with Crippen molar-refractivity contribution < 1.29 is 9.59 Å². The maximum absolute atomic E-state index is 11.8. The van der Waals surface area contributed by atoms with E-state index in [0.717, 1.165) is 24.2 Å². The Hall–Kier alpha value is -2.56. The molecule has 0 bridgehead atoms. The average Bonchev–Trinajstić information content (AvgIpc) is 3.17. The standard InChI is InChI=1S/C16H17N3O2/c20-15-4-2-10-19(15)13-7-5-12(6-8-13)11-18-16(21)14-3-1-9-17-14/h1,3,5-9,17H,2,4,10-11H2,(H,18,21). The second-order valence-corrected chi connectivity index (χ2v) is 5.08. The molecule has 5 nitrogen and oxygen atoms in total. The fraction of sp³-hybridized carbons (Fsp3) is 0.250. The van der Waals surface area contributed by atoms with Crippen LogP contribution < -0.4 is 10.2 Å². The molecule has 0 radical (unpaired) electrons. The summed E-state index contributed by atoms with van der Waals surface area (Å²) in [6.45, 7) is 1.26. The molecule has 0 unspecified atom stereocenters. The van der Waals surface area contributed by atoms with Crippen LogP contribution in [0.5, 0.6) is 0 Å². The van der Waals surface area contributed by atoms with Crippen molar-refractivity contribution in [2.24, 2.45) is 0 Å². The van der Waals surface area contributed by atoms with Crippen LogP contribution in [0.3, 0.4) is 0 Å². The van der Waals surface area contributed by atoms with Gasteiger partial charge >= 0.3 is 0 Å². The van der Waals surface area contributed by atoms with Crippen molar-refractivity contribution in [1.82, 2.24) is 10.3 Å². The summed E-state index contributed by atoms with van der Waals surface area (Å²) in [5.41, 5.74) is 2.48. The van der Waals surface area contributed by atoms with Crippen molar-refractivity contribution in [3.8, 4) is 0 Å². The van der Waals surface area contributed by atoms with E-state index in [9.17, 15) is 9.59 Å². The summed E-state index contributed by atoms with van der Waals surface area (Å²) in [4.78, 5) is 28.1. The Bertz CT molecular complexity index is 632. The molecule has 2 heterocycles. The van der Waals surface area contributed by atoms with E-state index in [1.165, 1.54) is 0 Å². The van der Waals surface area contributed by atoms with Crippen LogP contribution in [0.25, 0.3) is 0 Å². The highest BCUT2D eigenvalue weighted by molar-refractivity contribution is 5.95. The molecule has 21 heavy (non-hydrogen) atoms. The second-order valence-electron chi connectivity index (χ2n) is 5.08. The molecule has 1 aliphatic rings. The van der Waals surface area contributed by atoms with E-state index >= 15 is 0 Å². The number of nitrogens with one attached hydrogen (secondary N) is 2. The molecule has 1 aromatic heterocycles. The second kappa shape index (κ2) is 5.83. The fourth-order valence-corrected chi connectivity index (χ4v) is 2.46. The lowest BCUT2D eigenvalue weighted by molar-refractivity contribution is -0.117. The normalized spacial score (nSPS) is 14.5. The fourth-order valence-electron chi connectivity index (χ4n) is 2.46. The summed E-state index contributed by atoms with van der Waals surface area (Å²) in [5, 5.41) is 2.85. The summed E-state index contributed by atoms with van der Waals surface area (Å²) < 4.78 is 0. The van der Waals surface area contributed by atoms with Crippen molar-refractivity contribution >= 4 is 17.5 Å². The molecule has 1 saturated heterocycles. The minimum absolute atomic E-state index is 0.126. The lowest BCUT2D eigenvalue weighted by atomic mass is 10.2. The molecule has 2 N–H and O–H groups in total. The first-order valence-corrected chi connectivity index (χ1v) is 7.05. The third kappa shape index (κ3) is 2.97. The lowest BCUT2D eigenvalue weighted by Crippen LogP contribution is -2.24. The van der Waals surface area contributed by atoms with Crippen molar-refractivity contribution in [2.45, 2.75) is 19.4 Å². The number of H-pyrrole nitrogens is 1. The van der Waals surface area contributed by atoms with Gasteiger partial charge < -0.3 is 15.2 Å². The lowest BCUT2D eigenvalue weighted by Gasteiger charge is -2.16. The number of hydrogen-bond acceptors (Lipinski definition) is 2. The number of anilines is 1. The van der Waals surface area contributed by atoms with E-state index in [0.29, 0.717) is 18.7 Å². The van der Waals surface area contributed by atoms with E-state index in [1.54, 1.807) is 23.2 Å². The summed E-state index contributed by atoms with van der Waals surface area (Å²) in [6, 6.07) is 11.3. The van der Waals surface area contributed by atoms with Crippen molar-refractivity contribution in [3.63, 3.8) is 0 Å². The Morgan fingerprint density at radius 3 is 2.67 bits per heavy atom. The summed E-state index contributed by atoms with van der Waals surface area (Å²) in [5.74, 6) is 0.0570. The molecule has 5 heteroatoms. The average molecular weight is 283 g/mol. The van der Waals surface area contributed by atoms with Gasteiger partial charge in [-0.2, -0.15) is 0 Å². The smallest absolute Gasteiger partial charge is 0.267 e. The molecule has 1 fully saturated rings. The van der Waals surface area contributed by atoms with Crippen LogP contribution in [0.15, 0.2) is 42.6 Å². The van der Waals surface area contributed by atoms with E-state index in [2.05, 4.69) is 10.3 Å². The molecular formula is C16H17N3O2. The van der Waals surface area contributed by atoms with Crippen molar-refractivity contribution in [3.05, 3.63) is 53.9 Å². The van der Waals surface area contributed by atoms with Gasteiger partial charge in [-0.25, -0.2) is 0 Å². The number of carbonyl (C=O) groups excluding carboxylic acids is 2. The first-order valence-electron chi connectivity index (χ1n) is 7.05. The van der Waals surface area contributed by atoms with Gasteiger partial charge in [-0.1, -0.05) is 12.1 Å². The Labute approximate surface area is 123 Å². The quantitative estimate of drug-likeness (QED) is 0.902. The van der Waals surface area contributed by atoms with Gasteiger partial charge in [-0.3, -0.25) is 9.59 Å². The first kappa shape index (κ1) is 13.4. The molecule has 1 aromatic carbocycles. The van der Waals surface area contributed by atoms with Gasteiger partial charge in [-0.15, -0.1) is 0 Å². The molecule has 2 amide bonds. The Morgan fingerprint density at radius 2 is 2.05 bits per heavy atom. The summed E-state index contributed by atoms with van der Waals surface area (Å²) in [7, 11) is 0. The summed E-state index contributed by atoms with van der Waals surface area (Å²) >= 11 is 0. The van der Waals surface area contributed by atoms with Crippen LogP contribution in [0, 0.1) is 0 Å². The predicted molar refractivity (Wildman–Crippen MR) is 80.0 cm³/mol. The van der Waals surface area contributed by atoms with Crippen LogP contribution in [-0.4, -0.2) is 23.3 Å². The molecule has 108 valence electrons. The Kier molecular flexibility index (Phi) is 3.73. The zero-order chi connectivity index (χ0) is 14.7. The van der Waals surface area contributed by atoms with Crippen LogP contribution in [-0.2, 0) is 11.3 Å². The van der Waals surface area contributed by atoms with Gasteiger partial charge in [0.05, 0.1) is 0 Å². The van der Waals surface area contributed by atoms with Gasteiger partial charge in [0.1, 0.15) is 5.69 Å². The number of rotatable bonds is 4. The Morgan fingerprint density at radius 1 is 1.24 bits per heavy atom. The van der Waals surface area contributed by atoms with E-state index in [4.69, 9.17) is 0 Å². The number of hydrogen-bond donors (Lipinski definition) is 2. The van der Waals surface area contributed by atoms with Gasteiger partial charge in [-0.05, 0) is 36.2 Å². The van der Waals surface area contributed by atoms with E-state index < -0.39 is 0 Å². The number of amides is 2. The van der Waals surface area contributed by atoms with Gasteiger partial charge in [0, 0.05) is 31.4 Å². The largest absolute Gasteiger partial charge is 0.357 e. The molecule has 0 atom stereocenters. The number of carbonyl (C=O) groups is 2. The SMILES string of the molecule is O=C(NCc1ccc(N2CCCC2=O)cc1)c1ccc[nH]1. The maximum atomic E-state index is 11.8. The minimum Gasteiger partial charge on any atom is -0.357 e. The van der Waals surface area contributed by atoms with Gasteiger partial charge in [0.25, 0.3) is 5.91 Å². The van der Waals surface area contributed by atoms with Crippen LogP contribution in [0.1, 0.15) is 28.9 Å². The zero-order valence-corrected chi connectivity index (χ0v) is 11.6. The highest BCUT2D eigenvalue weighted by Crippen LogP contribution is 2.21. The van der Waals surface area contributed by atoms with Crippen LogP contribution in [0.4, 0.5) is 5.69 Å². The molecule has 3 rings (SSSR count). The van der Waals surface area contributed by atoms with Gasteiger partial charge in [0.2, 0.25) is 5.91 Å². The highest BCUT2D eigenvalue weighted by atomic mass is 16.2. The van der Waals surface area contributed by atoms with E-state index in [1.807, 2.05) is 24.3 Å². The third-order valence-electron chi connectivity index (χ3n) is 3.62. The minimum atomic E-state index is -0.126. The number of benzene rings is 1.